The first-order chi connectivity index (χ1) is 7.25. The van der Waals surface area contributed by atoms with Crippen LogP contribution in [0.1, 0.15) is 18.4 Å². The number of rotatable bonds is 4. The molecule has 0 fully saturated rings. The van der Waals surface area contributed by atoms with Crippen LogP contribution in [0.5, 0.6) is 0 Å². The van der Waals surface area contributed by atoms with Crippen LogP contribution in [0.15, 0.2) is 9.42 Å². The van der Waals surface area contributed by atoms with Crippen LogP contribution in [-0.2, 0) is 14.8 Å². The first kappa shape index (κ1) is 15.9. The predicted octanol–water partition coefficient (Wildman–Crippen LogP) is 0.465. The number of sulfonamides is 1. The molecular weight excluding hydrogens is 272 g/mol. The summed E-state index contributed by atoms with van der Waals surface area (Å²) in [5.74, 6) is -1.13. The molecule has 0 aromatic carbocycles. The van der Waals surface area contributed by atoms with Crippen molar-refractivity contribution in [3.8, 4) is 0 Å². The molecule has 0 amide bonds. The maximum atomic E-state index is 11.8. The van der Waals surface area contributed by atoms with Crippen LogP contribution >= 0.6 is 12.4 Å². The highest BCUT2D eigenvalue weighted by Crippen LogP contribution is 2.18. The number of nitrogens with zero attached hydrogens (tertiary/aromatic N) is 1. The summed E-state index contributed by atoms with van der Waals surface area (Å²) in [6, 6.07) is -1.21. The highest BCUT2D eigenvalue weighted by atomic mass is 35.5. The molecule has 0 unspecified atom stereocenters. The van der Waals surface area contributed by atoms with Gasteiger partial charge in [0, 0.05) is 0 Å². The van der Waals surface area contributed by atoms with Gasteiger partial charge in [0.15, 0.2) is 5.76 Å². The second-order valence-electron chi connectivity index (χ2n) is 3.33. The Morgan fingerprint density at radius 3 is 2.35 bits per heavy atom. The number of halogens is 1. The molecule has 9 heteroatoms. The van der Waals surface area contributed by atoms with Crippen molar-refractivity contribution >= 4 is 28.4 Å². The van der Waals surface area contributed by atoms with E-state index in [-0.39, 0.29) is 28.8 Å². The third-order valence-corrected chi connectivity index (χ3v) is 3.72. The van der Waals surface area contributed by atoms with Crippen molar-refractivity contribution in [2.24, 2.45) is 0 Å². The fourth-order valence-electron chi connectivity index (χ4n) is 1.20. The fraction of sp³-hybridized carbons (Fsp3) is 0.500. The smallest absolute Gasteiger partial charge is 0.321 e. The molecule has 7 nitrogen and oxygen atoms in total. The van der Waals surface area contributed by atoms with E-state index < -0.39 is 22.0 Å². The van der Waals surface area contributed by atoms with Gasteiger partial charge in [-0.25, -0.2) is 8.42 Å². The van der Waals surface area contributed by atoms with Gasteiger partial charge >= 0.3 is 5.97 Å². The maximum Gasteiger partial charge on any atom is 0.321 e. The lowest BCUT2D eigenvalue weighted by Gasteiger charge is -2.09. The second kappa shape index (κ2) is 5.48. The number of aliphatic carboxylic acids is 1. The van der Waals surface area contributed by atoms with Gasteiger partial charge in [-0.3, -0.25) is 4.79 Å². The number of carbonyl (C=O) groups is 1. The Hall–Kier alpha value is -1.12. The lowest BCUT2D eigenvalue weighted by atomic mass is 10.4. The number of carboxylic acids is 1. The van der Waals surface area contributed by atoms with Crippen LogP contribution in [0.4, 0.5) is 0 Å². The monoisotopic (exact) mass is 284 g/mol. The molecule has 0 aliphatic rings. The third kappa shape index (κ3) is 3.42. The molecule has 0 spiro atoms. The highest BCUT2D eigenvalue weighted by Gasteiger charge is 2.27. The Balaban J connectivity index is 0.00000256. The van der Waals surface area contributed by atoms with E-state index in [2.05, 4.69) is 5.16 Å². The quantitative estimate of drug-likeness (QED) is 0.831. The Morgan fingerprint density at radius 2 is 2.00 bits per heavy atom. The van der Waals surface area contributed by atoms with Crippen LogP contribution in [-0.4, -0.2) is 30.7 Å². The Morgan fingerprint density at radius 1 is 1.47 bits per heavy atom. The molecule has 98 valence electrons. The zero-order valence-corrected chi connectivity index (χ0v) is 11.1. The van der Waals surface area contributed by atoms with Gasteiger partial charge in [0.2, 0.25) is 10.0 Å². The van der Waals surface area contributed by atoms with Crippen molar-refractivity contribution in [1.29, 1.82) is 0 Å². The van der Waals surface area contributed by atoms with E-state index in [4.69, 9.17) is 9.63 Å². The van der Waals surface area contributed by atoms with Crippen molar-refractivity contribution in [1.82, 2.24) is 9.88 Å². The van der Waals surface area contributed by atoms with Crippen molar-refractivity contribution in [2.45, 2.75) is 31.7 Å². The molecule has 2 N–H and O–H groups in total. The van der Waals surface area contributed by atoms with Gasteiger partial charge < -0.3 is 9.63 Å². The van der Waals surface area contributed by atoms with Gasteiger partial charge in [-0.05, 0) is 20.8 Å². The number of hydrogen-bond acceptors (Lipinski definition) is 5. The van der Waals surface area contributed by atoms with Gasteiger partial charge in [-0.15, -0.1) is 12.4 Å². The molecule has 1 atom stereocenters. The zero-order valence-electron chi connectivity index (χ0n) is 9.42. The molecule has 1 heterocycles. The normalized spacial score (nSPS) is 12.9. The first-order valence-corrected chi connectivity index (χ1v) is 5.92. The van der Waals surface area contributed by atoms with E-state index in [1.165, 1.54) is 20.8 Å². The van der Waals surface area contributed by atoms with Crippen molar-refractivity contribution in [3.63, 3.8) is 0 Å². The fourth-order valence-corrected chi connectivity index (χ4v) is 2.73. The number of carboxylic acid groups (broad SMARTS) is 1. The number of aryl methyl sites for hydroxylation is 2. The minimum absolute atomic E-state index is 0. The summed E-state index contributed by atoms with van der Waals surface area (Å²) in [4.78, 5) is 10.4. The van der Waals surface area contributed by atoms with Crippen LogP contribution in [0.25, 0.3) is 0 Å². The van der Waals surface area contributed by atoms with Crippen molar-refractivity contribution < 1.29 is 22.8 Å². The zero-order chi connectivity index (χ0) is 12.5. The molecule has 0 radical (unpaired) electrons. The largest absolute Gasteiger partial charge is 0.480 e. The summed E-state index contributed by atoms with van der Waals surface area (Å²) in [6.07, 6.45) is 0. The predicted molar refractivity (Wildman–Crippen MR) is 60.6 cm³/mol. The Bertz CT molecular complexity index is 490. The van der Waals surface area contributed by atoms with Crippen LogP contribution in [0.2, 0.25) is 0 Å². The first-order valence-electron chi connectivity index (χ1n) is 4.43. The summed E-state index contributed by atoms with van der Waals surface area (Å²) >= 11 is 0. The summed E-state index contributed by atoms with van der Waals surface area (Å²) < 4.78 is 30.3. The molecule has 17 heavy (non-hydrogen) atoms. The van der Waals surface area contributed by atoms with Crippen molar-refractivity contribution in [3.05, 3.63) is 11.5 Å². The van der Waals surface area contributed by atoms with E-state index in [0.717, 1.165) is 0 Å². The average molecular weight is 285 g/mol. The molecule has 1 aromatic rings. The Labute approximate surface area is 105 Å². The van der Waals surface area contributed by atoms with Crippen LogP contribution in [0.3, 0.4) is 0 Å². The second-order valence-corrected chi connectivity index (χ2v) is 4.99. The SMILES string of the molecule is Cc1noc(C)c1S(=O)(=O)N[C@@H](C)C(=O)O.Cl. The highest BCUT2D eigenvalue weighted by molar-refractivity contribution is 7.89. The van der Waals surface area contributed by atoms with Crippen LogP contribution < -0.4 is 4.72 Å². The summed E-state index contributed by atoms with van der Waals surface area (Å²) in [5, 5.41) is 12.1. The van der Waals surface area contributed by atoms with Gasteiger partial charge in [0.1, 0.15) is 16.6 Å². The van der Waals surface area contributed by atoms with Crippen molar-refractivity contribution in [2.75, 3.05) is 0 Å². The topological polar surface area (TPSA) is 110 Å². The maximum absolute atomic E-state index is 11.8. The lowest BCUT2D eigenvalue weighted by Crippen LogP contribution is -2.38. The minimum Gasteiger partial charge on any atom is -0.480 e. The van der Waals surface area contributed by atoms with E-state index in [0.29, 0.717) is 0 Å². The molecule has 0 bridgehead atoms. The molecule has 1 rings (SSSR count). The van der Waals surface area contributed by atoms with E-state index in [1.807, 2.05) is 4.72 Å². The van der Waals surface area contributed by atoms with Gasteiger partial charge in [-0.2, -0.15) is 4.72 Å². The molecule has 1 aromatic heterocycles. The molecule has 0 aliphatic carbocycles. The van der Waals surface area contributed by atoms with Gasteiger partial charge in [-0.1, -0.05) is 5.16 Å². The van der Waals surface area contributed by atoms with Crippen LogP contribution in [0, 0.1) is 13.8 Å². The number of nitrogens with one attached hydrogen (secondary N) is 1. The molecule has 0 aliphatic heterocycles. The minimum atomic E-state index is -3.91. The number of hydrogen-bond donors (Lipinski definition) is 2. The molecule has 0 saturated carbocycles. The van der Waals surface area contributed by atoms with E-state index >= 15 is 0 Å². The lowest BCUT2D eigenvalue weighted by molar-refractivity contribution is -0.138. The number of aromatic nitrogens is 1. The summed E-state index contributed by atoms with van der Waals surface area (Å²) in [5.41, 5.74) is 0.197. The van der Waals surface area contributed by atoms with Gasteiger partial charge in [0.25, 0.3) is 0 Å². The summed E-state index contributed by atoms with van der Waals surface area (Å²) in [7, 11) is -3.91. The van der Waals surface area contributed by atoms with E-state index in [9.17, 15) is 13.2 Å². The standard InChI is InChI=1S/C8H12N2O5S.ClH/c1-4-7(6(3)15-9-4)16(13,14)10-5(2)8(11)12;/h5,10H,1-3H3,(H,11,12);1H/t5-;/m0./s1. The molecular formula is C8H13ClN2O5S. The van der Waals surface area contributed by atoms with E-state index in [1.54, 1.807) is 0 Å². The Kier molecular flexibility index (Phi) is 5.12. The average Bonchev–Trinajstić information content (AvgIpc) is 2.45. The summed E-state index contributed by atoms with van der Waals surface area (Å²) in [6.45, 7) is 4.15. The third-order valence-electron chi connectivity index (χ3n) is 1.94. The molecule has 0 saturated heterocycles. The van der Waals surface area contributed by atoms with Gasteiger partial charge in [0.05, 0.1) is 0 Å².